The monoisotopic (exact) mass is 377 g/mol. The Morgan fingerprint density at radius 2 is 1.92 bits per heavy atom. The number of aromatic nitrogens is 2. The van der Waals surface area contributed by atoms with Crippen LogP contribution in [-0.4, -0.2) is 59.1 Å². The van der Waals surface area contributed by atoms with Crippen molar-refractivity contribution in [2.75, 3.05) is 39.3 Å². The molecule has 1 saturated heterocycles. The van der Waals surface area contributed by atoms with Gasteiger partial charge in [0.15, 0.2) is 22.7 Å². The van der Waals surface area contributed by atoms with Crippen molar-refractivity contribution in [1.29, 1.82) is 0 Å². The lowest BCUT2D eigenvalue weighted by molar-refractivity contribution is 0.0228. The molecule has 1 aromatic carbocycles. The van der Waals surface area contributed by atoms with Crippen molar-refractivity contribution in [2.45, 2.75) is 18.9 Å². The second-order valence-electron chi connectivity index (χ2n) is 7.19. The van der Waals surface area contributed by atoms with Crippen LogP contribution in [0.2, 0.25) is 0 Å². The number of benzene rings is 1. The number of rotatable bonds is 5. The summed E-state index contributed by atoms with van der Waals surface area (Å²) in [6.07, 6.45) is 3.85. The van der Waals surface area contributed by atoms with Crippen LogP contribution in [0.4, 0.5) is 5.69 Å². The summed E-state index contributed by atoms with van der Waals surface area (Å²) in [5.74, 6) is 1.33. The van der Waals surface area contributed by atoms with E-state index in [4.69, 9.17) is 14.6 Å². The maximum atomic E-state index is 11.4. The first-order valence-electron chi connectivity index (χ1n) is 8.48. The summed E-state index contributed by atoms with van der Waals surface area (Å²) < 4.78 is 23.9. The highest BCUT2D eigenvalue weighted by atomic mass is 32.2. The van der Waals surface area contributed by atoms with Gasteiger partial charge in [0.05, 0.1) is 31.6 Å². The normalized spacial score (nSPS) is 20.1. The molecule has 9 heteroatoms. The van der Waals surface area contributed by atoms with Gasteiger partial charge in [-0.1, -0.05) is 0 Å². The van der Waals surface area contributed by atoms with Crippen LogP contribution in [0.5, 0.6) is 11.5 Å². The summed E-state index contributed by atoms with van der Waals surface area (Å²) in [6, 6.07) is 4.11. The molecule has 2 heterocycles. The molecule has 2 aromatic rings. The zero-order valence-corrected chi connectivity index (χ0v) is 16.0. The van der Waals surface area contributed by atoms with Gasteiger partial charge in [-0.15, -0.1) is 0 Å². The Balaban J connectivity index is 1.54. The second kappa shape index (κ2) is 6.33. The molecule has 26 heavy (non-hydrogen) atoms. The SMILES string of the molecule is COc1cc2nncc(N3CC4(CC(N(C)S(N)=O)C4)C3)c2cc1OC. The zero-order valence-electron chi connectivity index (χ0n) is 15.1. The third-order valence-corrected chi connectivity index (χ3v) is 6.52. The molecule has 0 radical (unpaired) electrons. The fourth-order valence-corrected chi connectivity index (χ4v) is 4.60. The van der Waals surface area contributed by atoms with Crippen LogP contribution in [0.25, 0.3) is 10.9 Å². The molecule has 1 unspecified atom stereocenters. The predicted octanol–water partition coefficient (Wildman–Crippen LogP) is 1.08. The second-order valence-corrected chi connectivity index (χ2v) is 8.32. The van der Waals surface area contributed by atoms with E-state index in [0.717, 1.165) is 42.5 Å². The van der Waals surface area contributed by atoms with Crippen LogP contribution < -0.4 is 19.5 Å². The number of nitrogens with two attached hydrogens (primary N) is 1. The molecular formula is C17H23N5O3S. The standard InChI is InChI=1S/C17H23N5O3S/c1-21(26(18)23)11-6-17(7-11)9-22(10-17)14-8-19-20-13-5-16(25-3)15(24-2)4-12(13)14/h4-5,8,11H,6-7,9-10,18H2,1-3H3. The molecule has 1 atom stereocenters. The molecule has 1 saturated carbocycles. The van der Waals surface area contributed by atoms with E-state index in [9.17, 15) is 4.21 Å². The van der Waals surface area contributed by atoms with Crippen LogP contribution in [0.15, 0.2) is 18.3 Å². The topological polar surface area (TPSA) is 93.8 Å². The van der Waals surface area contributed by atoms with Gasteiger partial charge >= 0.3 is 0 Å². The Kier molecular flexibility index (Phi) is 4.25. The predicted molar refractivity (Wildman–Crippen MR) is 100 cm³/mol. The van der Waals surface area contributed by atoms with Crippen LogP contribution in [-0.2, 0) is 11.2 Å². The first-order valence-corrected chi connectivity index (χ1v) is 9.65. The van der Waals surface area contributed by atoms with Gasteiger partial charge in [0.1, 0.15) is 0 Å². The molecule has 1 aromatic heterocycles. The number of nitrogens with zero attached hydrogens (tertiary/aromatic N) is 4. The fourth-order valence-electron chi connectivity index (χ4n) is 4.16. The third-order valence-electron chi connectivity index (χ3n) is 5.65. The van der Waals surface area contributed by atoms with Crippen LogP contribution in [0.3, 0.4) is 0 Å². The van der Waals surface area contributed by atoms with Crippen molar-refractivity contribution in [2.24, 2.45) is 10.6 Å². The van der Waals surface area contributed by atoms with Crippen LogP contribution >= 0.6 is 0 Å². The summed E-state index contributed by atoms with van der Waals surface area (Å²) >= 11 is -1.39. The molecule has 140 valence electrons. The summed E-state index contributed by atoms with van der Waals surface area (Å²) in [7, 11) is 5.06. The van der Waals surface area contributed by atoms with Gasteiger partial charge in [-0.2, -0.15) is 10.2 Å². The maximum Gasteiger partial charge on any atom is 0.167 e. The molecule has 1 aliphatic carbocycles. The Hall–Kier alpha value is -1.97. The zero-order chi connectivity index (χ0) is 18.5. The number of fused-ring (bicyclic) bond motifs is 1. The Morgan fingerprint density at radius 1 is 1.27 bits per heavy atom. The quantitative estimate of drug-likeness (QED) is 0.838. The molecule has 0 amide bonds. The van der Waals surface area contributed by atoms with Crippen LogP contribution in [0, 0.1) is 5.41 Å². The summed E-state index contributed by atoms with van der Waals surface area (Å²) in [5, 5.41) is 14.9. The average Bonchev–Trinajstić information content (AvgIpc) is 2.57. The highest BCUT2D eigenvalue weighted by Gasteiger charge is 2.54. The van der Waals surface area contributed by atoms with Gasteiger partial charge in [0.2, 0.25) is 0 Å². The molecule has 1 aliphatic heterocycles. The maximum absolute atomic E-state index is 11.4. The van der Waals surface area contributed by atoms with Gasteiger partial charge < -0.3 is 14.4 Å². The van der Waals surface area contributed by atoms with Crippen molar-refractivity contribution in [3.05, 3.63) is 18.3 Å². The van der Waals surface area contributed by atoms with E-state index in [1.54, 1.807) is 24.7 Å². The largest absolute Gasteiger partial charge is 0.493 e. The first-order chi connectivity index (χ1) is 12.5. The highest BCUT2D eigenvalue weighted by molar-refractivity contribution is 7.80. The van der Waals surface area contributed by atoms with E-state index in [1.807, 2.05) is 19.2 Å². The number of ether oxygens (including phenoxy) is 2. The van der Waals surface area contributed by atoms with E-state index in [-0.39, 0.29) is 0 Å². The molecule has 4 rings (SSSR count). The molecule has 0 bridgehead atoms. The van der Waals surface area contributed by atoms with E-state index < -0.39 is 11.2 Å². The van der Waals surface area contributed by atoms with Crippen molar-refractivity contribution >= 4 is 27.8 Å². The first kappa shape index (κ1) is 17.4. The van der Waals surface area contributed by atoms with Crippen LogP contribution in [0.1, 0.15) is 12.8 Å². The van der Waals surface area contributed by atoms with Gasteiger partial charge in [0, 0.05) is 43.0 Å². The van der Waals surface area contributed by atoms with Crippen molar-refractivity contribution in [3.63, 3.8) is 0 Å². The summed E-state index contributed by atoms with van der Waals surface area (Å²) in [6.45, 7) is 1.92. The molecule has 8 nitrogen and oxygen atoms in total. The third kappa shape index (κ3) is 2.70. The lowest BCUT2D eigenvalue weighted by atomic mass is 9.60. The van der Waals surface area contributed by atoms with E-state index >= 15 is 0 Å². The van der Waals surface area contributed by atoms with E-state index in [2.05, 4.69) is 15.1 Å². The average molecular weight is 377 g/mol. The van der Waals surface area contributed by atoms with E-state index in [1.165, 1.54) is 0 Å². The summed E-state index contributed by atoms with van der Waals surface area (Å²) in [5.41, 5.74) is 2.14. The summed E-state index contributed by atoms with van der Waals surface area (Å²) in [4.78, 5) is 2.32. The lowest BCUT2D eigenvalue weighted by Gasteiger charge is -2.61. The van der Waals surface area contributed by atoms with E-state index in [0.29, 0.717) is 23.0 Å². The number of methoxy groups -OCH3 is 2. The number of hydrogen-bond acceptors (Lipinski definition) is 6. The highest BCUT2D eigenvalue weighted by Crippen LogP contribution is 2.52. The van der Waals surface area contributed by atoms with Gasteiger partial charge in [-0.3, -0.25) is 0 Å². The Morgan fingerprint density at radius 3 is 2.54 bits per heavy atom. The fraction of sp³-hybridized carbons (Fsp3) is 0.529. The Bertz CT molecular complexity index is 863. The minimum Gasteiger partial charge on any atom is -0.493 e. The minimum absolute atomic E-state index is 0.296. The van der Waals surface area contributed by atoms with Gasteiger partial charge in [0.25, 0.3) is 0 Å². The van der Waals surface area contributed by atoms with Crippen molar-refractivity contribution in [1.82, 2.24) is 14.5 Å². The molecule has 2 N–H and O–H groups in total. The molecule has 2 fully saturated rings. The smallest absolute Gasteiger partial charge is 0.167 e. The van der Waals surface area contributed by atoms with Gasteiger partial charge in [-0.25, -0.2) is 13.7 Å². The number of hydrogen-bond donors (Lipinski definition) is 1. The lowest BCUT2D eigenvalue weighted by Crippen LogP contribution is -2.66. The molecule has 1 spiro atoms. The molecular weight excluding hydrogens is 354 g/mol. The van der Waals surface area contributed by atoms with Gasteiger partial charge in [-0.05, 0) is 18.9 Å². The number of anilines is 1. The molecule has 2 aliphatic rings. The van der Waals surface area contributed by atoms with Crippen molar-refractivity contribution in [3.8, 4) is 11.5 Å². The Labute approximate surface area is 155 Å². The minimum atomic E-state index is -1.39. The van der Waals surface area contributed by atoms with Crippen molar-refractivity contribution < 1.29 is 13.7 Å².